The third kappa shape index (κ3) is 3.54. The monoisotopic (exact) mass is 630 g/mol. The number of thiophene rings is 2. The van der Waals surface area contributed by atoms with Crippen LogP contribution < -0.4 is 0 Å². The molecule has 0 amide bonds. The van der Waals surface area contributed by atoms with Gasteiger partial charge in [-0.2, -0.15) is 0 Å². The molecule has 2 aromatic heterocycles. The van der Waals surface area contributed by atoms with Gasteiger partial charge in [0.05, 0.1) is 0 Å². The van der Waals surface area contributed by atoms with Crippen molar-refractivity contribution < 1.29 is 0 Å². The van der Waals surface area contributed by atoms with E-state index in [0.29, 0.717) is 5.82 Å². The van der Waals surface area contributed by atoms with Gasteiger partial charge < -0.3 is 0 Å². The second-order valence-electron chi connectivity index (χ2n) is 13.2. The lowest BCUT2D eigenvalue weighted by atomic mass is 9.71. The number of fused-ring (bicyclic) bond motifs is 10. The van der Waals surface area contributed by atoms with E-state index in [4.69, 9.17) is 0 Å². The topological polar surface area (TPSA) is 0 Å². The van der Waals surface area contributed by atoms with Gasteiger partial charge in [0.1, 0.15) is 7.85 Å². The Kier molecular flexibility index (Phi) is 5.31. The minimum Gasteiger partial charge on any atom is -0.135 e. The highest BCUT2D eigenvalue weighted by Crippen LogP contribution is 2.59. The summed E-state index contributed by atoms with van der Waals surface area (Å²) in [5, 5.41) is 8.03. The van der Waals surface area contributed by atoms with E-state index in [2.05, 4.69) is 141 Å². The summed E-state index contributed by atoms with van der Waals surface area (Å²) in [5.74, 6) is 0.506. The molecule has 0 N–H and O–H groups in total. The first kappa shape index (κ1) is 26.2. The van der Waals surface area contributed by atoms with Crippen LogP contribution >= 0.6 is 22.7 Å². The average Bonchev–Trinajstić information content (AvgIpc) is 3.78. The number of allylic oxidation sites excluding steroid dienone is 1. The van der Waals surface area contributed by atoms with Crippen LogP contribution in [0.3, 0.4) is 0 Å². The lowest BCUT2D eigenvalue weighted by Crippen LogP contribution is -2.06. The third-order valence-corrected chi connectivity index (χ3v) is 13.0. The molecule has 0 radical (unpaired) electrons. The summed E-state index contributed by atoms with van der Waals surface area (Å²) in [5.41, 5.74) is 13.8. The summed E-state index contributed by atoms with van der Waals surface area (Å²) in [7, 11) is 2.38. The molecule has 2 heterocycles. The molecule has 0 fully saturated rings. The summed E-state index contributed by atoms with van der Waals surface area (Å²) in [6.07, 6.45) is 3.60. The number of benzene rings is 7. The number of hydrogen-bond acceptors (Lipinski definition) is 2. The summed E-state index contributed by atoms with van der Waals surface area (Å²) in [4.78, 5) is 0. The van der Waals surface area contributed by atoms with Crippen molar-refractivity contribution in [1.29, 1.82) is 0 Å². The van der Waals surface area contributed by atoms with Gasteiger partial charge in [0.15, 0.2) is 0 Å². The van der Waals surface area contributed by atoms with Crippen molar-refractivity contribution in [3.8, 4) is 33.4 Å². The quantitative estimate of drug-likeness (QED) is 0.167. The molecule has 0 aliphatic heterocycles. The molecule has 0 spiro atoms. The van der Waals surface area contributed by atoms with Crippen LogP contribution in [0.4, 0.5) is 0 Å². The standard InChI is InChI=1S/C44H27BS2/c45-35-19-18-32-42-30(35)12-7-13-31(42)43-40(24-16-20-38-33(22-24)26-8-3-5-14-36(26)46-38)28-10-1-2-11-29(28)41(44(32)43)25-17-21-39-34(23-25)27-9-4-6-15-37(27)47-39/h1-18,20-23,35H,19,45H2. The molecule has 47 heavy (non-hydrogen) atoms. The Morgan fingerprint density at radius 3 is 1.60 bits per heavy atom. The van der Waals surface area contributed by atoms with E-state index in [0.717, 1.165) is 6.42 Å². The molecule has 11 rings (SSSR count). The van der Waals surface area contributed by atoms with E-state index in [1.165, 1.54) is 107 Å². The normalized spacial score (nSPS) is 15.1. The summed E-state index contributed by atoms with van der Waals surface area (Å²) >= 11 is 3.78. The SMILES string of the molecule is BC1CC=C2c3c(cccc31)-c1c2c(-c2ccc3sc4ccccc4c3c2)c2ccccc2c1-c1ccc2sc3ccccc3c2c1. The molecular weight excluding hydrogens is 603 g/mol. The average molecular weight is 631 g/mol. The van der Waals surface area contributed by atoms with Gasteiger partial charge in [-0.05, 0) is 115 Å². The van der Waals surface area contributed by atoms with Crippen molar-refractivity contribution in [2.45, 2.75) is 12.2 Å². The van der Waals surface area contributed by atoms with E-state index in [1.807, 2.05) is 22.7 Å². The zero-order valence-corrected chi connectivity index (χ0v) is 27.4. The van der Waals surface area contributed by atoms with Crippen LogP contribution in [-0.4, -0.2) is 7.85 Å². The maximum atomic E-state index is 2.54. The predicted molar refractivity (Wildman–Crippen MR) is 209 cm³/mol. The zero-order valence-electron chi connectivity index (χ0n) is 25.8. The summed E-state index contributed by atoms with van der Waals surface area (Å²) in [6, 6.07) is 48.3. The van der Waals surface area contributed by atoms with Gasteiger partial charge in [-0.3, -0.25) is 0 Å². The van der Waals surface area contributed by atoms with Crippen molar-refractivity contribution in [2.24, 2.45) is 0 Å². The molecule has 0 saturated heterocycles. The highest BCUT2D eigenvalue weighted by Gasteiger charge is 2.35. The highest BCUT2D eigenvalue weighted by atomic mass is 32.1. The molecule has 2 aliphatic rings. The highest BCUT2D eigenvalue weighted by molar-refractivity contribution is 7.26. The lowest BCUT2D eigenvalue weighted by Gasteiger charge is -2.22. The molecule has 0 nitrogen and oxygen atoms in total. The molecule has 9 aromatic rings. The fraction of sp³-hybridized carbons (Fsp3) is 0.0455. The fourth-order valence-corrected chi connectivity index (χ4v) is 10.8. The number of rotatable bonds is 2. The first-order valence-electron chi connectivity index (χ1n) is 16.5. The maximum Gasteiger partial charge on any atom is 0.111 e. The Bertz CT molecular complexity index is 2850. The Morgan fingerprint density at radius 1 is 0.447 bits per heavy atom. The fourth-order valence-electron chi connectivity index (χ4n) is 8.58. The Morgan fingerprint density at radius 2 is 0.979 bits per heavy atom. The van der Waals surface area contributed by atoms with E-state index in [-0.39, 0.29) is 0 Å². The van der Waals surface area contributed by atoms with Gasteiger partial charge in [0.2, 0.25) is 0 Å². The van der Waals surface area contributed by atoms with Crippen LogP contribution in [0.2, 0.25) is 0 Å². The molecule has 1 atom stereocenters. The molecule has 3 heteroatoms. The van der Waals surface area contributed by atoms with E-state index in [1.54, 1.807) is 0 Å². The molecule has 7 aromatic carbocycles. The number of hydrogen-bond donors (Lipinski definition) is 0. The summed E-state index contributed by atoms with van der Waals surface area (Å²) < 4.78 is 5.39. The Labute approximate surface area is 281 Å². The first-order chi connectivity index (χ1) is 23.2. The molecule has 0 saturated carbocycles. The van der Waals surface area contributed by atoms with Crippen LogP contribution in [0.25, 0.3) is 90.1 Å². The predicted octanol–water partition coefficient (Wildman–Crippen LogP) is 12.4. The second-order valence-corrected chi connectivity index (χ2v) is 15.4. The largest absolute Gasteiger partial charge is 0.135 e. The zero-order chi connectivity index (χ0) is 30.8. The molecule has 1 unspecified atom stereocenters. The molecular formula is C44H27BS2. The van der Waals surface area contributed by atoms with Gasteiger partial charge in [0, 0.05) is 40.3 Å². The van der Waals surface area contributed by atoms with Crippen LogP contribution in [0, 0.1) is 0 Å². The van der Waals surface area contributed by atoms with Crippen LogP contribution in [0.15, 0.2) is 133 Å². The van der Waals surface area contributed by atoms with Gasteiger partial charge in [-0.1, -0.05) is 97.1 Å². The van der Waals surface area contributed by atoms with Crippen LogP contribution in [0.1, 0.15) is 28.9 Å². The van der Waals surface area contributed by atoms with Crippen LogP contribution in [-0.2, 0) is 0 Å². The van der Waals surface area contributed by atoms with Gasteiger partial charge in [-0.25, -0.2) is 0 Å². The second kappa shape index (κ2) is 9.54. The van der Waals surface area contributed by atoms with Crippen LogP contribution in [0.5, 0.6) is 0 Å². The van der Waals surface area contributed by atoms with E-state index in [9.17, 15) is 0 Å². The van der Waals surface area contributed by atoms with Crippen molar-refractivity contribution in [1.82, 2.24) is 0 Å². The first-order valence-corrected chi connectivity index (χ1v) is 18.1. The lowest BCUT2D eigenvalue weighted by molar-refractivity contribution is 0.937. The van der Waals surface area contributed by atoms with Gasteiger partial charge in [0.25, 0.3) is 0 Å². The Balaban J connectivity index is 1.30. The molecule has 2 aliphatic carbocycles. The van der Waals surface area contributed by atoms with Crippen molar-refractivity contribution in [3.05, 3.63) is 150 Å². The maximum absolute atomic E-state index is 2.54. The van der Waals surface area contributed by atoms with Crippen molar-refractivity contribution >= 4 is 87.2 Å². The minimum absolute atomic E-state index is 0.506. The van der Waals surface area contributed by atoms with Crippen molar-refractivity contribution in [2.75, 3.05) is 0 Å². The summed E-state index contributed by atoms with van der Waals surface area (Å²) in [6.45, 7) is 0. The molecule has 218 valence electrons. The van der Waals surface area contributed by atoms with Crippen molar-refractivity contribution in [3.63, 3.8) is 0 Å². The smallest absolute Gasteiger partial charge is 0.111 e. The Hall–Kier alpha value is -4.96. The minimum atomic E-state index is 0.506. The van der Waals surface area contributed by atoms with Gasteiger partial charge >= 0.3 is 0 Å². The van der Waals surface area contributed by atoms with E-state index < -0.39 is 0 Å². The van der Waals surface area contributed by atoms with E-state index >= 15 is 0 Å². The van der Waals surface area contributed by atoms with Gasteiger partial charge in [-0.15, -0.1) is 22.7 Å². The third-order valence-electron chi connectivity index (χ3n) is 10.7. The molecule has 0 bridgehead atoms.